The van der Waals surface area contributed by atoms with Crippen LogP contribution >= 0.6 is 0 Å². The van der Waals surface area contributed by atoms with Crippen molar-refractivity contribution < 1.29 is 4.74 Å². The molecule has 0 unspecified atom stereocenters. The fourth-order valence-electron chi connectivity index (χ4n) is 2.14. The van der Waals surface area contributed by atoms with Crippen LogP contribution in [0.15, 0.2) is 30.0 Å². The monoisotopic (exact) mass is 214 g/mol. The van der Waals surface area contributed by atoms with Gasteiger partial charge in [-0.05, 0) is 56.0 Å². The van der Waals surface area contributed by atoms with Crippen molar-refractivity contribution in [3.8, 4) is 0 Å². The van der Waals surface area contributed by atoms with Gasteiger partial charge in [0.05, 0.1) is 6.61 Å². The molecule has 1 nitrogen and oxygen atoms in total. The SMILES string of the molecule is Cc1cc(C)c(/C=C2\C=CCCO2)c(C)c1. The zero-order valence-electron chi connectivity index (χ0n) is 10.2. The molecular weight excluding hydrogens is 196 g/mol. The Balaban J connectivity index is 2.40. The Morgan fingerprint density at radius 3 is 2.38 bits per heavy atom. The second kappa shape index (κ2) is 4.56. The third-order valence-corrected chi connectivity index (χ3v) is 2.86. The first-order valence-electron chi connectivity index (χ1n) is 5.76. The van der Waals surface area contributed by atoms with Gasteiger partial charge in [0.25, 0.3) is 0 Å². The molecule has 0 saturated carbocycles. The molecular formula is C15H18O. The lowest BCUT2D eigenvalue weighted by molar-refractivity contribution is 0.225. The number of rotatable bonds is 1. The van der Waals surface area contributed by atoms with E-state index in [9.17, 15) is 0 Å². The highest BCUT2D eigenvalue weighted by atomic mass is 16.5. The van der Waals surface area contributed by atoms with Crippen LogP contribution in [-0.2, 0) is 4.74 Å². The Kier molecular flexibility index (Phi) is 3.14. The van der Waals surface area contributed by atoms with E-state index in [4.69, 9.17) is 4.74 Å². The summed E-state index contributed by atoms with van der Waals surface area (Å²) < 4.78 is 5.60. The largest absolute Gasteiger partial charge is 0.493 e. The van der Waals surface area contributed by atoms with Gasteiger partial charge in [-0.3, -0.25) is 0 Å². The maximum absolute atomic E-state index is 5.60. The quantitative estimate of drug-likeness (QED) is 0.688. The minimum atomic E-state index is 0.798. The third kappa shape index (κ3) is 2.35. The van der Waals surface area contributed by atoms with Gasteiger partial charge in [0, 0.05) is 0 Å². The Labute approximate surface area is 97.4 Å². The lowest BCUT2D eigenvalue weighted by atomic mass is 9.99. The predicted molar refractivity (Wildman–Crippen MR) is 68.3 cm³/mol. The van der Waals surface area contributed by atoms with E-state index in [-0.39, 0.29) is 0 Å². The van der Waals surface area contributed by atoms with Crippen molar-refractivity contribution in [3.63, 3.8) is 0 Å². The zero-order chi connectivity index (χ0) is 11.5. The van der Waals surface area contributed by atoms with Gasteiger partial charge in [-0.1, -0.05) is 23.8 Å². The molecule has 0 atom stereocenters. The van der Waals surface area contributed by atoms with Crippen LogP contribution in [0, 0.1) is 20.8 Å². The lowest BCUT2D eigenvalue weighted by Crippen LogP contribution is -1.98. The molecule has 1 aliphatic heterocycles. The van der Waals surface area contributed by atoms with Crippen LogP contribution in [0.5, 0.6) is 0 Å². The smallest absolute Gasteiger partial charge is 0.119 e. The Morgan fingerprint density at radius 1 is 1.12 bits per heavy atom. The molecule has 1 heterocycles. The van der Waals surface area contributed by atoms with Crippen LogP contribution in [0.1, 0.15) is 28.7 Å². The van der Waals surface area contributed by atoms with Gasteiger partial charge in [-0.25, -0.2) is 0 Å². The Morgan fingerprint density at radius 2 is 1.81 bits per heavy atom. The molecule has 1 aliphatic rings. The van der Waals surface area contributed by atoms with Gasteiger partial charge in [0.15, 0.2) is 0 Å². The molecule has 0 bridgehead atoms. The van der Waals surface area contributed by atoms with E-state index in [0.717, 1.165) is 18.8 Å². The van der Waals surface area contributed by atoms with Crippen LogP contribution < -0.4 is 0 Å². The van der Waals surface area contributed by atoms with Gasteiger partial charge in [0.1, 0.15) is 5.76 Å². The summed E-state index contributed by atoms with van der Waals surface area (Å²) in [6.07, 6.45) is 7.37. The first kappa shape index (κ1) is 11.0. The maximum atomic E-state index is 5.60. The Hall–Kier alpha value is -1.50. The predicted octanol–water partition coefficient (Wildman–Crippen LogP) is 3.93. The minimum absolute atomic E-state index is 0.798. The average molecular weight is 214 g/mol. The van der Waals surface area contributed by atoms with Gasteiger partial charge < -0.3 is 4.74 Å². The number of aryl methyl sites for hydroxylation is 3. The van der Waals surface area contributed by atoms with Crippen molar-refractivity contribution >= 4 is 6.08 Å². The van der Waals surface area contributed by atoms with Crippen LogP contribution in [-0.4, -0.2) is 6.61 Å². The zero-order valence-corrected chi connectivity index (χ0v) is 10.2. The summed E-state index contributed by atoms with van der Waals surface area (Å²) in [6, 6.07) is 4.43. The van der Waals surface area contributed by atoms with Crippen LogP contribution in [0.25, 0.3) is 6.08 Å². The van der Waals surface area contributed by atoms with Gasteiger partial charge in [-0.2, -0.15) is 0 Å². The summed E-state index contributed by atoms with van der Waals surface area (Å²) in [5, 5.41) is 0. The number of benzene rings is 1. The topological polar surface area (TPSA) is 9.23 Å². The minimum Gasteiger partial charge on any atom is -0.493 e. The average Bonchev–Trinajstić information content (AvgIpc) is 2.25. The number of hydrogen-bond acceptors (Lipinski definition) is 1. The third-order valence-electron chi connectivity index (χ3n) is 2.86. The van der Waals surface area contributed by atoms with E-state index in [1.54, 1.807) is 0 Å². The van der Waals surface area contributed by atoms with Gasteiger partial charge in [0.2, 0.25) is 0 Å². The summed E-state index contributed by atoms with van der Waals surface area (Å²) in [5.41, 5.74) is 5.23. The van der Waals surface area contributed by atoms with Crippen molar-refractivity contribution in [2.24, 2.45) is 0 Å². The summed E-state index contributed by atoms with van der Waals surface area (Å²) >= 11 is 0. The summed E-state index contributed by atoms with van der Waals surface area (Å²) in [5.74, 6) is 0.973. The van der Waals surface area contributed by atoms with E-state index in [1.165, 1.54) is 22.3 Å². The van der Waals surface area contributed by atoms with Gasteiger partial charge in [-0.15, -0.1) is 0 Å². The van der Waals surface area contributed by atoms with Crippen molar-refractivity contribution in [1.82, 2.24) is 0 Å². The fourth-order valence-corrected chi connectivity index (χ4v) is 2.14. The molecule has 0 radical (unpaired) electrons. The summed E-state index contributed by atoms with van der Waals surface area (Å²) in [4.78, 5) is 0. The van der Waals surface area contributed by atoms with E-state index < -0.39 is 0 Å². The fraction of sp³-hybridized carbons (Fsp3) is 0.333. The van der Waals surface area contributed by atoms with Crippen molar-refractivity contribution in [3.05, 3.63) is 52.3 Å². The molecule has 0 aliphatic carbocycles. The first-order chi connectivity index (χ1) is 7.66. The van der Waals surface area contributed by atoms with E-state index in [0.29, 0.717) is 0 Å². The normalized spacial score (nSPS) is 17.6. The van der Waals surface area contributed by atoms with Gasteiger partial charge >= 0.3 is 0 Å². The van der Waals surface area contributed by atoms with Crippen LogP contribution in [0.4, 0.5) is 0 Å². The number of allylic oxidation sites excluding steroid dienone is 1. The molecule has 0 spiro atoms. The molecule has 16 heavy (non-hydrogen) atoms. The summed E-state index contributed by atoms with van der Waals surface area (Å²) in [7, 11) is 0. The molecule has 0 fully saturated rings. The molecule has 0 saturated heterocycles. The molecule has 1 aromatic rings. The number of ether oxygens (including phenoxy) is 1. The van der Waals surface area contributed by atoms with Crippen molar-refractivity contribution in [1.29, 1.82) is 0 Å². The summed E-state index contributed by atoms with van der Waals surface area (Å²) in [6.45, 7) is 7.23. The van der Waals surface area contributed by atoms with Crippen molar-refractivity contribution in [2.45, 2.75) is 27.2 Å². The molecule has 1 heteroatoms. The van der Waals surface area contributed by atoms with Crippen molar-refractivity contribution in [2.75, 3.05) is 6.61 Å². The van der Waals surface area contributed by atoms with E-state index in [2.05, 4.69) is 51.1 Å². The molecule has 0 N–H and O–H groups in total. The molecule has 0 aromatic heterocycles. The Bertz CT molecular complexity index is 429. The molecule has 1 aromatic carbocycles. The number of hydrogen-bond donors (Lipinski definition) is 0. The van der Waals surface area contributed by atoms with E-state index >= 15 is 0 Å². The highest BCUT2D eigenvalue weighted by molar-refractivity contribution is 5.61. The van der Waals surface area contributed by atoms with Crippen LogP contribution in [0.3, 0.4) is 0 Å². The van der Waals surface area contributed by atoms with Crippen LogP contribution in [0.2, 0.25) is 0 Å². The maximum Gasteiger partial charge on any atom is 0.119 e. The second-order valence-electron chi connectivity index (χ2n) is 4.40. The first-order valence-corrected chi connectivity index (χ1v) is 5.76. The second-order valence-corrected chi connectivity index (χ2v) is 4.40. The molecule has 2 rings (SSSR count). The highest BCUT2D eigenvalue weighted by Crippen LogP contribution is 2.21. The lowest BCUT2D eigenvalue weighted by Gasteiger charge is -2.13. The van der Waals surface area contributed by atoms with E-state index in [1.807, 2.05) is 0 Å². The molecule has 84 valence electrons. The standard InChI is InChI=1S/C15H18O/c1-11-8-12(2)15(13(3)9-11)10-14-6-4-5-7-16-14/h4,6,8-10H,5,7H2,1-3H3/b14-10+. The molecule has 0 amide bonds. The highest BCUT2D eigenvalue weighted by Gasteiger charge is 2.04.